The van der Waals surface area contributed by atoms with Crippen LogP contribution in [0.4, 0.5) is 5.88 Å². The topological polar surface area (TPSA) is 61.3 Å². The Hall–Kier alpha value is -1.97. The van der Waals surface area contributed by atoms with Crippen molar-refractivity contribution in [2.75, 3.05) is 12.8 Å². The maximum Gasteiger partial charge on any atom is 0.222 e. The molecule has 1 aromatic carbocycles. The van der Waals surface area contributed by atoms with Gasteiger partial charge in [-0.05, 0) is 17.9 Å². The summed E-state index contributed by atoms with van der Waals surface area (Å²) in [5.74, 6) is 1.14. The Balaban J connectivity index is 2.72. The summed E-state index contributed by atoms with van der Waals surface area (Å²) >= 11 is 0. The number of benzene rings is 1. The van der Waals surface area contributed by atoms with Crippen LogP contribution in [0.3, 0.4) is 0 Å². The van der Waals surface area contributed by atoms with Gasteiger partial charge in [-0.1, -0.05) is 38.1 Å². The number of aryl methyl sites for hydroxylation is 1. The molecule has 0 radical (unpaired) electrons. The summed E-state index contributed by atoms with van der Waals surface area (Å²) in [6.07, 6.45) is 0. The first-order chi connectivity index (χ1) is 8.84. The molecule has 1 aromatic heterocycles. The van der Waals surface area contributed by atoms with Gasteiger partial charge in [-0.15, -0.1) is 0 Å². The highest BCUT2D eigenvalue weighted by molar-refractivity contribution is 5.74. The maximum absolute atomic E-state index is 5.63. The molecule has 102 valence electrons. The molecule has 0 fully saturated rings. The Kier molecular flexibility index (Phi) is 3.27. The largest absolute Gasteiger partial charge is 0.496 e. The van der Waals surface area contributed by atoms with Gasteiger partial charge in [-0.3, -0.25) is 0 Å². The van der Waals surface area contributed by atoms with E-state index in [0.717, 1.165) is 22.4 Å². The lowest BCUT2D eigenvalue weighted by atomic mass is 9.83. The van der Waals surface area contributed by atoms with Crippen LogP contribution in [0, 0.1) is 6.92 Å². The van der Waals surface area contributed by atoms with Gasteiger partial charge < -0.3 is 15.0 Å². The van der Waals surface area contributed by atoms with Gasteiger partial charge in [0.2, 0.25) is 5.88 Å². The van der Waals surface area contributed by atoms with Crippen molar-refractivity contribution < 1.29 is 9.26 Å². The Morgan fingerprint density at radius 1 is 1.26 bits per heavy atom. The zero-order valence-corrected chi connectivity index (χ0v) is 12.1. The van der Waals surface area contributed by atoms with Crippen LogP contribution >= 0.6 is 0 Å². The lowest BCUT2D eigenvalue weighted by Gasteiger charge is -2.24. The van der Waals surface area contributed by atoms with Crippen molar-refractivity contribution in [2.45, 2.75) is 33.1 Å². The van der Waals surface area contributed by atoms with Crippen molar-refractivity contribution in [1.29, 1.82) is 0 Å². The summed E-state index contributed by atoms with van der Waals surface area (Å²) in [6, 6.07) is 5.89. The van der Waals surface area contributed by atoms with Gasteiger partial charge in [-0.2, -0.15) is 0 Å². The van der Waals surface area contributed by atoms with Gasteiger partial charge in [0.25, 0.3) is 0 Å². The molecule has 0 amide bonds. The molecule has 0 unspecified atom stereocenters. The second-order valence-electron chi connectivity index (χ2n) is 5.70. The van der Waals surface area contributed by atoms with Crippen LogP contribution in [-0.2, 0) is 5.41 Å². The number of anilines is 1. The van der Waals surface area contributed by atoms with Crippen molar-refractivity contribution >= 4 is 5.88 Å². The molecule has 2 rings (SSSR count). The number of rotatable bonds is 2. The summed E-state index contributed by atoms with van der Waals surface area (Å²) in [4.78, 5) is 0. The molecule has 19 heavy (non-hydrogen) atoms. The van der Waals surface area contributed by atoms with E-state index in [-0.39, 0.29) is 5.41 Å². The zero-order valence-electron chi connectivity index (χ0n) is 12.1. The first-order valence-electron chi connectivity index (χ1n) is 6.25. The van der Waals surface area contributed by atoms with E-state index in [1.165, 1.54) is 0 Å². The van der Waals surface area contributed by atoms with E-state index in [4.69, 9.17) is 15.0 Å². The molecule has 2 N–H and O–H groups in total. The quantitative estimate of drug-likeness (QED) is 0.897. The van der Waals surface area contributed by atoms with Crippen LogP contribution in [-0.4, -0.2) is 12.3 Å². The highest BCUT2D eigenvalue weighted by Crippen LogP contribution is 2.41. The fourth-order valence-electron chi connectivity index (χ4n) is 2.21. The number of nitrogen functional groups attached to an aromatic ring is 1. The van der Waals surface area contributed by atoms with Crippen molar-refractivity contribution in [2.24, 2.45) is 0 Å². The summed E-state index contributed by atoms with van der Waals surface area (Å²) in [5, 5.41) is 4.00. The standard InChI is InChI=1S/C15H20N2O2/c1-9-6-7-10(15(2,3)4)14(18-5)13(9)11-8-12(16)19-17-11/h6-8H,16H2,1-5H3. The van der Waals surface area contributed by atoms with Gasteiger partial charge in [0.05, 0.1) is 7.11 Å². The highest BCUT2D eigenvalue weighted by Gasteiger charge is 2.24. The minimum Gasteiger partial charge on any atom is -0.496 e. The molecule has 4 heteroatoms. The molecule has 0 spiro atoms. The lowest BCUT2D eigenvalue weighted by Crippen LogP contribution is -2.13. The third-order valence-electron chi connectivity index (χ3n) is 3.16. The number of hydrogen-bond acceptors (Lipinski definition) is 4. The molecule has 1 heterocycles. The Morgan fingerprint density at radius 2 is 1.95 bits per heavy atom. The molecule has 4 nitrogen and oxygen atoms in total. The number of hydrogen-bond donors (Lipinski definition) is 1. The smallest absolute Gasteiger partial charge is 0.222 e. The average molecular weight is 260 g/mol. The van der Waals surface area contributed by atoms with E-state index in [2.05, 4.69) is 38.1 Å². The lowest BCUT2D eigenvalue weighted by molar-refractivity contribution is 0.397. The van der Waals surface area contributed by atoms with Crippen LogP contribution in [0.25, 0.3) is 11.3 Å². The molecule has 0 aliphatic rings. The van der Waals surface area contributed by atoms with Crippen LogP contribution in [0.15, 0.2) is 22.7 Å². The molecule has 0 saturated carbocycles. The summed E-state index contributed by atoms with van der Waals surface area (Å²) in [5.41, 5.74) is 9.47. The Bertz CT molecular complexity index is 595. The first-order valence-corrected chi connectivity index (χ1v) is 6.25. The summed E-state index contributed by atoms with van der Waals surface area (Å²) in [6.45, 7) is 8.48. The normalized spacial score (nSPS) is 11.6. The summed E-state index contributed by atoms with van der Waals surface area (Å²) < 4.78 is 10.6. The molecular formula is C15H20N2O2. The molecule has 0 saturated heterocycles. The van der Waals surface area contributed by atoms with Gasteiger partial charge in [0.15, 0.2) is 0 Å². The highest BCUT2D eigenvalue weighted by atomic mass is 16.5. The van der Waals surface area contributed by atoms with Crippen molar-refractivity contribution in [3.8, 4) is 17.0 Å². The van der Waals surface area contributed by atoms with Crippen molar-refractivity contribution in [3.63, 3.8) is 0 Å². The first kappa shape index (κ1) is 13.5. The van der Waals surface area contributed by atoms with Crippen LogP contribution < -0.4 is 10.5 Å². The van der Waals surface area contributed by atoms with Gasteiger partial charge in [-0.25, -0.2) is 0 Å². The number of aromatic nitrogens is 1. The number of ether oxygens (including phenoxy) is 1. The fourth-order valence-corrected chi connectivity index (χ4v) is 2.21. The van der Waals surface area contributed by atoms with E-state index < -0.39 is 0 Å². The SMILES string of the molecule is COc1c(C(C)(C)C)ccc(C)c1-c1cc(N)on1. The van der Waals surface area contributed by atoms with E-state index in [0.29, 0.717) is 11.6 Å². The fraction of sp³-hybridized carbons (Fsp3) is 0.400. The van der Waals surface area contributed by atoms with Crippen molar-refractivity contribution in [3.05, 3.63) is 29.3 Å². The minimum absolute atomic E-state index is 0.0108. The molecular weight excluding hydrogens is 240 g/mol. The van der Waals surface area contributed by atoms with E-state index in [1.54, 1.807) is 13.2 Å². The predicted octanol–water partition coefficient (Wildman–Crippen LogP) is 3.54. The van der Waals surface area contributed by atoms with E-state index in [9.17, 15) is 0 Å². The Labute approximate surface area is 113 Å². The minimum atomic E-state index is -0.0108. The van der Waals surface area contributed by atoms with Gasteiger partial charge in [0, 0.05) is 17.2 Å². The molecule has 0 atom stereocenters. The molecule has 0 aliphatic heterocycles. The molecule has 0 bridgehead atoms. The maximum atomic E-state index is 5.63. The van der Waals surface area contributed by atoms with Crippen LogP contribution in [0.5, 0.6) is 5.75 Å². The van der Waals surface area contributed by atoms with Crippen LogP contribution in [0.1, 0.15) is 31.9 Å². The molecule has 2 aromatic rings. The van der Waals surface area contributed by atoms with Gasteiger partial charge in [0.1, 0.15) is 11.4 Å². The number of nitrogens with zero attached hydrogens (tertiary/aromatic N) is 1. The second kappa shape index (κ2) is 4.61. The average Bonchev–Trinajstić information content (AvgIpc) is 2.73. The monoisotopic (exact) mass is 260 g/mol. The third kappa shape index (κ3) is 2.43. The van der Waals surface area contributed by atoms with E-state index in [1.807, 2.05) is 6.92 Å². The number of methoxy groups -OCH3 is 1. The molecule has 0 aliphatic carbocycles. The zero-order chi connectivity index (χ0) is 14.2. The van der Waals surface area contributed by atoms with Gasteiger partial charge >= 0.3 is 0 Å². The third-order valence-corrected chi connectivity index (χ3v) is 3.16. The van der Waals surface area contributed by atoms with Crippen molar-refractivity contribution in [1.82, 2.24) is 5.16 Å². The Morgan fingerprint density at radius 3 is 2.42 bits per heavy atom. The summed E-state index contributed by atoms with van der Waals surface area (Å²) in [7, 11) is 1.68. The number of nitrogens with two attached hydrogens (primary N) is 1. The van der Waals surface area contributed by atoms with E-state index >= 15 is 0 Å². The predicted molar refractivity (Wildman–Crippen MR) is 76.3 cm³/mol. The second-order valence-corrected chi connectivity index (χ2v) is 5.70. The van der Waals surface area contributed by atoms with Crippen LogP contribution in [0.2, 0.25) is 0 Å².